The molecule has 0 heterocycles. The van der Waals surface area contributed by atoms with Crippen LogP contribution in [0.3, 0.4) is 0 Å². The normalized spacial score (nSPS) is 16.2. The van der Waals surface area contributed by atoms with Crippen LogP contribution in [-0.2, 0) is 14.3 Å². The van der Waals surface area contributed by atoms with Crippen LogP contribution in [0.2, 0.25) is 0 Å². The quantitative estimate of drug-likeness (QED) is 0.508. The Balaban J connectivity index is 4.53. The molecule has 0 bridgehead atoms. The molecule has 0 aliphatic heterocycles. The molecule has 0 unspecified atom stereocenters. The van der Waals surface area contributed by atoms with E-state index in [2.05, 4.69) is 0 Å². The number of ketones is 1. The molecule has 0 aromatic rings. The number of Topliss-reactive ketones (excluding diaryl/α,β-unsaturated/α-hetero) is 1. The fraction of sp³-hybridized carbons (Fsp3) is 0.778. The Hall–Kier alpha value is -0.900. The Labute approximate surface area is 78.4 Å². The number of nitrogens with two attached hydrogens (primary N) is 1. The van der Waals surface area contributed by atoms with Crippen molar-refractivity contribution in [2.45, 2.75) is 45.8 Å². The Morgan fingerprint density at radius 1 is 1.15 bits per heavy atom. The third-order valence-electron chi connectivity index (χ3n) is 1.55. The lowest BCUT2D eigenvalue weighted by molar-refractivity contribution is -0.162. The highest BCUT2D eigenvalue weighted by Gasteiger charge is 2.37. The molecule has 0 aliphatic rings. The first-order chi connectivity index (χ1) is 5.57. The Kier molecular flexibility index (Phi) is 3.22. The summed E-state index contributed by atoms with van der Waals surface area (Å²) in [6.07, 6.45) is 0. The third-order valence-corrected chi connectivity index (χ3v) is 1.55. The van der Waals surface area contributed by atoms with Crippen LogP contribution in [0.15, 0.2) is 0 Å². The smallest absolute Gasteiger partial charge is 0.334 e. The zero-order valence-corrected chi connectivity index (χ0v) is 8.80. The number of rotatable bonds is 2. The van der Waals surface area contributed by atoms with Gasteiger partial charge in [0.15, 0.2) is 11.3 Å². The van der Waals surface area contributed by atoms with Gasteiger partial charge in [-0.2, -0.15) is 0 Å². The molecule has 2 N–H and O–H groups in total. The number of esters is 1. The maximum absolute atomic E-state index is 11.4. The predicted molar refractivity (Wildman–Crippen MR) is 49.1 cm³/mol. The molecule has 0 saturated heterocycles. The van der Waals surface area contributed by atoms with Crippen LogP contribution in [-0.4, -0.2) is 22.9 Å². The highest BCUT2D eigenvalue weighted by molar-refractivity contribution is 6.06. The summed E-state index contributed by atoms with van der Waals surface area (Å²) in [5, 5.41) is 0. The molecule has 13 heavy (non-hydrogen) atoms. The summed E-state index contributed by atoms with van der Waals surface area (Å²) in [6.45, 7) is 7.79. The van der Waals surface area contributed by atoms with Crippen molar-refractivity contribution >= 4 is 11.8 Å². The second-order valence-electron chi connectivity index (χ2n) is 4.26. The van der Waals surface area contributed by atoms with Gasteiger partial charge in [-0.1, -0.05) is 0 Å². The lowest BCUT2D eigenvalue weighted by atomic mass is 9.99. The van der Waals surface area contributed by atoms with E-state index in [1.165, 1.54) is 13.8 Å². The van der Waals surface area contributed by atoms with Crippen LogP contribution in [0.4, 0.5) is 0 Å². The Bertz CT molecular complexity index is 226. The molecule has 4 nitrogen and oxygen atoms in total. The van der Waals surface area contributed by atoms with Crippen LogP contribution in [0.1, 0.15) is 34.6 Å². The first-order valence-electron chi connectivity index (χ1n) is 4.11. The first-order valence-corrected chi connectivity index (χ1v) is 4.11. The monoisotopic (exact) mass is 187 g/mol. The lowest BCUT2D eigenvalue weighted by Crippen LogP contribution is -2.53. The van der Waals surface area contributed by atoms with Gasteiger partial charge in [-0.3, -0.25) is 4.79 Å². The SMILES string of the molecule is CC(=O)[C@](C)(N)C(=O)OC(C)(C)C. The van der Waals surface area contributed by atoms with Crippen molar-refractivity contribution in [3.63, 3.8) is 0 Å². The molecule has 0 saturated carbocycles. The van der Waals surface area contributed by atoms with E-state index >= 15 is 0 Å². The molecule has 0 amide bonds. The minimum absolute atomic E-state index is 0.401. The van der Waals surface area contributed by atoms with Gasteiger partial charge in [-0.05, 0) is 34.6 Å². The summed E-state index contributed by atoms with van der Waals surface area (Å²) in [7, 11) is 0. The molecule has 0 fully saturated rings. The Morgan fingerprint density at radius 3 is 1.77 bits per heavy atom. The fourth-order valence-electron chi connectivity index (χ4n) is 0.528. The predicted octanol–water partition coefficient (Wildman–Crippen LogP) is 0.634. The maximum atomic E-state index is 11.4. The van der Waals surface area contributed by atoms with E-state index in [4.69, 9.17) is 10.5 Å². The van der Waals surface area contributed by atoms with Gasteiger partial charge in [0.25, 0.3) is 0 Å². The van der Waals surface area contributed by atoms with Crippen molar-refractivity contribution in [2.75, 3.05) is 0 Å². The topological polar surface area (TPSA) is 69.4 Å². The number of ether oxygens (including phenoxy) is 1. The van der Waals surface area contributed by atoms with E-state index in [-0.39, 0.29) is 0 Å². The molecule has 0 spiro atoms. The molecular formula is C9H17NO3. The van der Waals surface area contributed by atoms with E-state index in [1.807, 2.05) is 0 Å². The molecule has 0 rings (SSSR count). The highest BCUT2D eigenvalue weighted by atomic mass is 16.6. The number of carbonyl (C=O) groups excluding carboxylic acids is 2. The van der Waals surface area contributed by atoms with Crippen molar-refractivity contribution in [2.24, 2.45) is 5.73 Å². The molecule has 0 radical (unpaired) electrons. The van der Waals surface area contributed by atoms with Crippen molar-refractivity contribution in [3.05, 3.63) is 0 Å². The molecule has 0 aromatic heterocycles. The largest absolute Gasteiger partial charge is 0.458 e. The maximum Gasteiger partial charge on any atom is 0.334 e. The van der Waals surface area contributed by atoms with Crippen LogP contribution >= 0.6 is 0 Å². The molecule has 76 valence electrons. The van der Waals surface area contributed by atoms with Crippen LogP contribution in [0.25, 0.3) is 0 Å². The second kappa shape index (κ2) is 3.46. The van der Waals surface area contributed by atoms with Crippen LogP contribution < -0.4 is 5.73 Å². The molecule has 0 aromatic carbocycles. The standard InChI is InChI=1S/C9H17NO3/c1-6(11)9(5,10)7(12)13-8(2,3)4/h10H2,1-5H3/t9-/m0/s1. The van der Waals surface area contributed by atoms with Crippen LogP contribution in [0.5, 0.6) is 0 Å². The fourth-order valence-corrected chi connectivity index (χ4v) is 0.528. The minimum Gasteiger partial charge on any atom is -0.458 e. The summed E-state index contributed by atoms with van der Waals surface area (Å²) in [5.74, 6) is -1.09. The number of hydrogen-bond donors (Lipinski definition) is 1. The van der Waals surface area contributed by atoms with Crippen molar-refractivity contribution in [3.8, 4) is 0 Å². The summed E-state index contributed by atoms with van der Waals surface area (Å²) in [6, 6.07) is 0. The molecular weight excluding hydrogens is 170 g/mol. The lowest BCUT2D eigenvalue weighted by Gasteiger charge is -2.26. The van der Waals surface area contributed by atoms with Crippen molar-refractivity contribution in [1.29, 1.82) is 0 Å². The minimum atomic E-state index is -1.53. The van der Waals surface area contributed by atoms with Crippen LogP contribution in [0, 0.1) is 0 Å². The van der Waals surface area contributed by atoms with Gasteiger partial charge in [0, 0.05) is 0 Å². The van der Waals surface area contributed by atoms with Gasteiger partial charge >= 0.3 is 5.97 Å². The molecule has 1 atom stereocenters. The van der Waals surface area contributed by atoms with E-state index < -0.39 is 22.9 Å². The second-order valence-corrected chi connectivity index (χ2v) is 4.26. The summed E-state index contributed by atoms with van der Waals surface area (Å²) in [4.78, 5) is 22.3. The van der Waals surface area contributed by atoms with E-state index in [1.54, 1.807) is 20.8 Å². The van der Waals surface area contributed by atoms with E-state index in [0.29, 0.717) is 0 Å². The van der Waals surface area contributed by atoms with Crippen molar-refractivity contribution < 1.29 is 14.3 Å². The van der Waals surface area contributed by atoms with Gasteiger partial charge in [-0.15, -0.1) is 0 Å². The van der Waals surface area contributed by atoms with Gasteiger partial charge in [0.05, 0.1) is 0 Å². The Morgan fingerprint density at radius 2 is 1.54 bits per heavy atom. The van der Waals surface area contributed by atoms with E-state index in [0.717, 1.165) is 0 Å². The number of carbonyl (C=O) groups is 2. The summed E-state index contributed by atoms with van der Waals surface area (Å²) in [5.41, 5.74) is 3.33. The third kappa shape index (κ3) is 3.55. The molecule has 4 heteroatoms. The number of hydrogen-bond acceptors (Lipinski definition) is 4. The zero-order valence-electron chi connectivity index (χ0n) is 8.80. The van der Waals surface area contributed by atoms with Gasteiger partial charge < -0.3 is 10.5 Å². The zero-order chi connectivity index (χ0) is 10.9. The highest BCUT2D eigenvalue weighted by Crippen LogP contribution is 2.13. The van der Waals surface area contributed by atoms with Crippen molar-refractivity contribution in [1.82, 2.24) is 0 Å². The molecule has 0 aliphatic carbocycles. The first kappa shape index (κ1) is 12.1. The summed E-state index contributed by atoms with van der Waals surface area (Å²) >= 11 is 0. The average Bonchev–Trinajstić information content (AvgIpc) is 1.82. The van der Waals surface area contributed by atoms with Gasteiger partial charge in [-0.25, -0.2) is 4.79 Å². The van der Waals surface area contributed by atoms with Gasteiger partial charge in [0.2, 0.25) is 0 Å². The average molecular weight is 187 g/mol. The summed E-state index contributed by atoms with van der Waals surface area (Å²) < 4.78 is 4.98. The van der Waals surface area contributed by atoms with E-state index in [9.17, 15) is 9.59 Å². The van der Waals surface area contributed by atoms with Gasteiger partial charge in [0.1, 0.15) is 5.60 Å².